The maximum Gasteiger partial charge on any atom is 0.293 e. The van der Waals surface area contributed by atoms with E-state index >= 15 is 0 Å². The van der Waals surface area contributed by atoms with E-state index < -0.39 is 0 Å². The van der Waals surface area contributed by atoms with Gasteiger partial charge in [0.05, 0.1) is 10.4 Å². The molecule has 22 heavy (non-hydrogen) atoms. The Bertz CT molecular complexity index is 1050. The first-order valence-electron chi connectivity index (χ1n) is 7.30. The number of nitrogens with one attached hydrogen (secondary N) is 1. The topological polar surface area (TPSA) is 58.9 Å². The van der Waals surface area contributed by atoms with Gasteiger partial charge in [-0.1, -0.05) is 43.3 Å². The highest BCUT2D eigenvalue weighted by atomic mass is 16.6. The van der Waals surface area contributed by atoms with Gasteiger partial charge in [-0.15, -0.1) is 0 Å². The molecule has 0 fully saturated rings. The molecular formula is C18H14N2O2. The Morgan fingerprint density at radius 3 is 2.55 bits per heavy atom. The number of H-pyrrole nitrogens is 1. The van der Waals surface area contributed by atoms with Crippen LogP contribution >= 0.6 is 0 Å². The first-order valence-corrected chi connectivity index (χ1v) is 7.30. The molecule has 0 saturated carbocycles. The maximum atomic E-state index is 11.3. The zero-order valence-corrected chi connectivity index (χ0v) is 12.1. The van der Waals surface area contributed by atoms with E-state index in [1.54, 1.807) is 12.1 Å². The first-order chi connectivity index (χ1) is 10.7. The van der Waals surface area contributed by atoms with Crippen LogP contribution in [0, 0.1) is 10.1 Å². The molecule has 108 valence electrons. The normalized spacial score (nSPS) is 11.5. The largest absolute Gasteiger partial charge is 0.349 e. The fourth-order valence-electron chi connectivity index (χ4n) is 3.32. The van der Waals surface area contributed by atoms with E-state index in [1.807, 2.05) is 18.2 Å². The molecule has 4 heteroatoms. The van der Waals surface area contributed by atoms with Gasteiger partial charge in [0.15, 0.2) is 0 Å². The minimum atomic E-state index is -0.330. The number of hydrogen-bond donors (Lipinski definition) is 1. The van der Waals surface area contributed by atoms with Crippen molar-refractivity contribution in [3.63, 3.8) is 0 Å². The van der Waals surface area contributed by atoms with Gasteiger partial charge in [0.2, 0.25) is 0 Å². The Kier molecular flexibility index (Phi) is 2.66. The third-order valence-corrected chi connectivity index (χ3v) is 4.29. The lowest BCUT2D eigenvalue weighted by atomic mass is 9.98. The van der Waals surface area contributed by atoms with Crippen molar-refractivity contribution in [3.05, 3.63) is 64.2 Å². The molecule has 1 N–H and O–H groups in total. The number of benzene rings is 3. The predicted molar refractivity (Wildman–Crippen MR) is 89.3 cm³/mol. The lowest BCUT2D eigenvalue weighted by Gasteiger charge is -2.06. The number of fused-ring (bicyclic) bond motifs is 4. The summed E-state index contributed by atoms with van der Waals surface area (Å²) in [7, 11) is 0. The Hall–Kier alpha value is -2.88. The molecule has 0 aliphatic carbocycles. The van der Waals surface area contributed by atoms with Gasteiger partial charge in [-0.3, -0.25) is 10.1 Å². The van der Waals surface area contributed by atoms with Crippen LogP contribution in [0.2, 0.25) is 0 Å². The Morgan fingerprint density at radius 1 is 1.00 bits per heavy atom. The molecule has 4 rings (SSSR count). The number of para-hydroxylation sites is 1. The van der Waals surface area contributed by atoms with Gasteiger partial charge >= 0.3 is 0 Å². The van der Waals surface area contributed by atoms with Crippen LogP contribution in [0.1, 0.15) is 12.5 Å². The van der Waals surface area contributed by atoms with Crippen molar-refractivity contribution < 1.29 is 4.92 Å². The van der Waals surface area contributed by atoms with Crippen LogP contribution in [0.5, 0.6) is 0 Å². The third-order valence-electron chi connectivity index (χ3n) is 4.29. The molecule has 0 radical (unpaired) electrons. The van der Waals surface area contributed by atoms with Crippen molar-refractivity contribution in [1.82, 2.24) is 4.98 Å². The number of non-ortho nitro benzene ring substituents is 1. The van der Waals surface area contributed by atoms with Crippen molar-refractivity contribution in [2.45, 2.75) is 13.3 Å². The van der Waals surface area contributed by atoms with Gasteiger partial charge in [-0.05, 0) is 28.8 Å². The van der Waals surface area contributed by atoms with Gasteiger partial charge in [-0.25, -0.2) is 0 Å². The standard InChI is InChI=1S/C18H14N2O2/c1-2-12-13-7-4-3-6-11(13)10-15-14-8-5-9-16(20(21)22)18(14)19-17(12)15/h3-10,19H,2H2,1H3. The van der Waals surface area contributed by atoms with E-state index in [0.29, 0.717) is 5.52 Å². The third kappa shape index (κ3) is 1.64. The quantitative estimate of drug-likeness (QED) is 0.419. The lowest BCUT2D eigenvalue weighted by molar-refractivity contribution is -0.383. The van der Waals surface area contributed by atoms with Gasteiger partial charge in [0, 0.05) is 16.8 Å². The minimum Gasteiger partial charge on any atom is -0.349 e. The maximum absolute atomic E-state index is 11.3. The number of hydrogen-bond acceptors (Lipinski definition) is 2. The van der Waals surface area contributed by atoms with Gasteiger partial charge in [0.25, 0.3) is 5.69 Å². The molecule has 0 amide bonds. The number of aromatic nitrogens is 1. The highest BCUT2D eigenvalue weighted by Gasteiger charge is 2.17. The fourth-order valence-corrected chi connectivity index (χ4v) is 3.32. The molecule has 1 heterocycles. The van der Waals surface area contributed by atoms with E-state index in [4.69, 9.17) is 0 Å². The monoisotopic (exact) mass is 290 g/mol. The van der Waals surface area contributed by atoms with Crippen molar-refractivity contribution >= 4 is 38.3 Å². The zero-order chi connectivity index (χ0) is 15.3. The molecule has 0 saturated heterocycles. The molecule has 0 spiro atoms. The average molecular weight is 290 g/mol. The molecule has 4 nitrogen and oxygen atoms in total. The Balaban J connectivity index is 2.26. The van der Waals surface area contributed by atoms with Gasteiger partial charge in [0.1, 0.15) is 5.52 Å². The average Bonchev–Trinajstić information content (AvgIpc) is 2.90. The summed E-state index contributed by atoms with van der Waals surface area (Å²) in [5, 5.41) is 15.6. The van der Waals surface area contributed by atoms with E-state index in [1.165, 1.54) is 16.3 Å². The first kappa shape index (κ1) is 12.8. The minimum absolute atomic E-state index is 0.125. The summed E-state index contributed by atoms with van der Waals surface area (Å²) in [6.45, 7) is 2.11. The van der Waals surface area contributed by atoms with Crippen LogP contribution in [-0.2, 0) is 6.42 Å². The predicted octanol–water partition coefficient (Wildman–Crippen LogP) is 4.94. The summed E-state index contributed by atoms with van der Waals surface area (Å²) in [5.74, 6) is 0. The molecule has 3 aromatic carbocycles. The van der Waals surface area contributed by atoms with E-state index in [9.17, 15) is 10.1 Å². The number of aromatic amines is 1. The molecule has 0 aliphatic rings. The molecule has 0 unspecified atom stereocenters. The van der Waals surface area contributed by atoms with Crippen LogP contribution in [0.25, 0.3) is 32.6 Å². The number of aryl methyl sites for hydroxylation is 1. The number of nitro benzene ring substituents is 1. The molecule has 4 aromatic rings. The van der Waals surface area contributed by atoms with Crippen molar-refractivity contribution in [1.29, 1.82) is 0 Å². The summed E-state index contributed by atoms with van der Waals surface area (Å²) in [4.78, 5) is 14.2. The fraction of sp³-hybridized carbons (Fsp3) is 0.111. The smallest absolute Gasteiger partial charge is 0.293 e. The molecule has 0 bridgehead atoms. The molecular weight excluding hydrogens is 276 g/mol. The summed E-state index contributed by atoms with van der Waals surface area (Å²) >= 11 is 0. The van der Waals surface area contributed by atoms with Crippen LogP contribution < -0.4 is 0 Å². The zero-order valence-electron chi connectivity index (χ0n) is 12.1. The number of nitro groups is 1. The Morgan fingerprint density at radius 2 is 1.77 bits per heavy atom. The van der Waals surface area contributed by atoms with E-state index in [2.05, 4.69) is 30.1 Å². The molecule has 0 aliphatic heterocycles. The van der Waals surface area contributed by atoms with Gasteiger partial charge < -0.3 is 4.98 Å². The second-order valence-electron chi connectivity index (χ2n) is 5.43. The molecule has 0 atom stereocenters. The molecule has 1 aromatic heterocycles. The lowest BCUT2D eigenvalue weighted by Crippen LogP contribution is -1.88. The van der Waals surface area contributed by atoms with Gasteiger partial charge in [-0.2, -0.15) is 0 Å². The van der Waals surface area contributed by atoms with Crippen molar-refractivity contribution in [2.24, 2.45) is 0 Å². The highest BCUT2D eigenvalue weighted by Crippen LogP contribution is 2.36. The van der Waals surface area contributed by atoms with Crippen LogP contribution in [0.4, 0.5) is 5.69 Å². The number of nitrogens with zero attached hydrogens (tertiary/aromatic N) is 1. The summed E-state index contributed by atoms with van der Waals surface area (Å²) < 4.78 is 0. The highest BCUT2D eigenvalue weighted by molar-refractivity contribution is 6.15. The SMILES string of the molecule is CCc1c2ccccc2cc2c1[nH]c1c([N+](=O)[O-])cccc12. The van der Waals surface area contributed by atoms with Crippen molar-refractivity contribution in [3.8, 4) is 0 Å². The second-order valence-corrected chi connectivity index (χ2v) is 5.43. The summed E-state index contributed by atoms with van der Waals surface area (Å²) in [6.07, 6.45) is 0.873. The van der Waals surface area contributed by atoms with Crippen molar-refractivity contribution in [2.75, 3.05) is 0 Å². The van der Waals surface area contributed by atoms with E-state index in [0.717, 1.165) is 22.7 Å². The number of rotatable bonds is 2. The van der Waals surface area contributed by atoms with Crippen LogP contribution in [-0.4, -0.2) is 9.91 Å². The summed E-state index contributed by atoms with van der Waals surface area (Å²) in [5.41, 5.74) is 2.94. The second kappa shape index (κ2) is 4.56. The summed E-state index contributed by atoms with van der Waals surface area (Å²) in [6, 6.07) is 15.6. The van der Waals surface area contributed by atoms with Crippen LogP contribution in [0.3, 0.4) is 0 Å². The van der Waals surface area contributed by atoms with E-state index in [-0.39, 0.29) is 10.6 Å². The van der Waals surface area contributed by atoms with Crippen LogP contribution in [0.15, 0.2) is 48.5 Å². The Labute approximate surface area is 126 Å².